The largest absolute Gasteiger partial charge is 0.380 e. The quantitative estimate of drug-likeness (QED) is 0.852. The van der Waals surface area contributed by atoms with Crippen molar-refractivity contribution in [1.29, 1.82) is 0 Å². The van der Waals surface area contributed by atoms with E-state index < -0.39 is 17.5 Å². The number of hydrogen-bond acceptors (Lipinski definition) is 3. The predicted molar refractivity (Wildman–Crippen MR) is 66.7 cm³/mol. The number of nitrogens with one attached hydrogen (secondary N) is 1. The van der Waals surface area contributed by atoms with Gasteiger partial charge in [-0.3, -0.25) is 4.90 Å². The summed E-state index contributed by atoms with van der Waals surface area (Å²) in [6.45, 7) is 5.50. The van der Waals surface area contributed by atoms with Gasteiger partial charge in [-0.1, -0.05) is 6.92 Å². The molecule has 106 valence electrons. The third kappa shape index (κ3) is 3.61. The van der Waals surface area contributed by atoms with Crippen molar-refractivity contribution in [3.8, 4) is 0 Å². The van der Waals surface area contributed by atoms with E-state index in [9.17, 15) is 13.2 Å². The van der Waals surface area contributed by atoms with Crippen molar-refractivity contribution in [3.63, 3.8) is 0 Å². The summed E-state index contributed by atoms with van der Waals surface area (Å²) >= 11 is 0. The van der Waals surface area contributed by atoms with Crippen molar-refractivity contribution in [2.24, 2.45) is 0 Å². The summed E-state index contributed by atoms with van der Waals surface area (Å²) in [5.41, 5.74) is -0.172. The van der Waals surface area contributed by atoms with E-state index in [-0.39, 0.29) is 11.8 Å². The Hall–Kier alpha value is -1.27. The van der Waals surface area contributed by atoms with E-state index in [2.05, 4.69) is 17.1 Å². The summed E-state index contributed by atoms with van der Waals surface area (Å²) in [5, 5.41) is 2.70. The van der Waals surface area contributed by atoms with Crippen molar-refractivity contribution in [2.75, 3.05) is 38.1 Å². The van der Waals surface area contributed by atoms with Gasteiger partial charge in [0.25, 0.3) is 0 Å². The lowest BCUT2D eigenvalue weighted by atomic mass is 10.2. The first-order valence-electron chi connectivity index (χ1n) is 6.32. The zero-order chi connectivity index (χ0) is 13.8. The maximum atomic E-state index is 13.4. The van der Waals surface area contributed by atoms with Gasteiger partial charge >= 0.3 is 0 Å². The number of nitrogens with zero attached hydrogens (tertiary/aromatic N) is 1. The van der Waals surface area contributed by atoms with Gasteiger partial charge in [-0.2, -0.15) is 0 Å². The zero-order valence-corrected chi connectivity index (χ0v) is 10.8. The Bertz CT molecular complexity index is 442. The van der Waals surface area contributed by atoms with Crippen LogP contribution in [0.1, 0.15) is 6.92 Å². The van der Waals surface area contributed by atoms with E-state index >= 15 is 0 Å². The molecule has 0 saturated carbocycles. The van der Waals surface area contributed by atoms with E-state index in [1.807, 2.05) is 0 Å². The maximum absolute atomic E-state index is 13.4. The van der Waals surface area contributed by atoms with Crippen LogP contribution in [0.4, 0.5) is 18.9 Å². The van der Waals surface area contributed by atoms with Crippen molar-refractivity contribution >= 4 is 5.69 Å². The Morgan fingerprint density at radius 1 is 1.37 bits per heavy atom. The molecule has 3 nitrogen and oxygen atoms in total. The number of morpholine rings is 1. The monoisotopic (exact) mass is 274 g/mol. The van der Waals surface area contributed by atoms with Crippen LogP contribution in [-0.4, -0.2) is 43.8 Å². The van der Waals surface area contributed by atoms with Crippen molar-refractivity contribution < 1.29 is 17.9 Å². The first-order valence-corrected chi connectivity index (χ1v) is 6.32. The molecule has 2 rings (SSSR count). The van der Waals surface area contributed by atoms with Gasteiger partial charge in [-0.15, -0.1) is 0 Å². The van der Waals surface area contributed by atoms with Crippen LogP contribution in [0.15, 0.2) is 12.1 Å². The van der Waals surface area contributed by atoms with Crippen molar-refractivity contribution in [2.45, 2.75) is 13.0 Å². The van der Waals surface area contributed by atoms with Crippen LogP contribution in [0.25, 0.3) is 0 Å². The Morgan fingerprint density at radius 2 is 2.16 bits per heavy atom. The molecule has 1 atom stereocenters. The Balaban J connectivity index is 1.95. The number of hydrogen-bond donors (Lipinski definition) is 1. The van der Waals surface area contributed by atoms with E-state index in [1.54, 1.807) is 0 Å². The lowest BCUT2D eigenvalue weighted by Gasteiger charge is -2.32. The first-order chi connectivity index (χ1) is 9.10. The zero-order valence-electron chi connectivity index (χ0n) is 10.8. The molecular formula is C13H17F3N2O. The molecule has 1 fully saturated rings. The highest BCUT2D eigenvalue weighted by atomic mass is 19.2. The molecule has 0 bridgehead atoms. The summed E-state index contributed by atoms with van der Waals surface area (Å²) in [7, 11) is 0. The minimum absolute atomic E-state index is 0.112. The molecule has 1 saturated heterocycles. The fourth-order valence-electron chi connectivity index (χ4n) is 2.10. The number of likely N-dealkylation sites (N-methyl/N-ethyl adjacent to an activating group) is 1. The fraction of sp³-hybridized carbons (Fsp3) is 0.538. The summed E-state index contributed by atoms with van der Waals surface area (Å²) < 4.78 is 45.0. The molecule has 0 spiro atoms. The van der Waals surface area contributed by atoms with Crippen molar-refractivity contribution in [1.82, 2.24) is 4.90 Å². The van der Waals surface area contributed by atoms with E-state index in [1.165, 1.54) is 0 Å². The van der Waals surface area contributed by atoms with Gasteiger partial charge in [0.05, 0.1) is 18.4 Å². The molecule has 1 aliphatic rings. The minimum atomic E-state index is -1.19. The second-order valence-corrected chi connectivity index (χ2v) is 4.52. The van der Waals surface area contributed by atoms with Gasteiger partial charge in [0.2, 0.25) is 0 Å². The van der Waals surface area contributed by atoms with Crippen LogP contribution in [0, 0.1) is 17.5 Å². The molecule has 1 aliphatic heterocycles. The smallest absolute Gasteiger partial charge is 0.182 e. The highest BCUT2D eigenvalue weighted by molar-refractivity contribution is 5.45. The molecule has 0 amide bonds. The van der Waals surface area contributed by atoms with Crippen LogP contribution in [0.5, 0.6) is 0 Å². The van der Waals surface area contributed by atoms with Crippen LogP contribution in [0.2, 0.25) is 0 Å². The number of halogens is 3. The lowest BCUT2D eigenvalue weighted by Crippen LogP contribution is -2.45. The lowest BCUT2D eigenvalue weighted by molar-refractivity contribution is -0.0192. The Kier molecular flexibility index (Phi) is 4.66. The van der Waals surface area contributed by atoms with E-state index in [0.717, 1.165) is 25.7 Å². The van der Waals surface area contributed by atoms with Crippen molar-refractivity contribution in [3.05, 3.63) is 29.6 Å². The number of benzene rings is 1. The Labute approximate surface area is 110 Å². The molecule has 6 heteroatoms. The third-order valence-electron chi connectivity index (χ3n) is 3.18. The Morgan fingerprint density at radius 3 is 2.89 bits per heavy atom. The van der Waals surface area contributed by atoms with Gasteiger partial charge in [0, 0.05) is 31.8 Å². The minimum Gasteiger partial charge on any atom is -0.380 e. The van der Waals surface area contributed by atoms with Crippen LogP contribution in [-0.2, 0) is 4.74 Å². The highest BCUT2D eigenvalue weighted by Gasteiger charge is 2.20. The SMILES string of the molecule is CCN1CCOC(CNc2cc(F)cc(F)c2F)C1. The summed E-state index contributed by atoms with van der Waals surface area (Å²) in [4.78, 5) is 2.21. The van der Waals surface area contributed by atoms with Crippen LogP contribution in [0.3, 0.4) is 0 Å². The van der Waals surface area contributed by atoms with Gasteiger partial charge in [0.15, 0.2) is 11.6 Å². The molecule has 1 heterocycles. The summed E-state index contributed by atoms with van der Waals surface area (Å²) in [6.07, 6.45) is -0.112. The third-order valence-corrected chi connectivity index (χ3v) is 3.18. The fourth-order valence-corrected chi connectivity index (χ4v) is 2.10. The molecule has 1 unspecified atom stereocenters. The van der Waals surface area contributed by atoms with E-state index in [4.69, 9.17) is 4.74 Å². The number of anilines is 1. The second-order valence-electron chi connectivity index (χ2n) is 4.52. The average molecular weight is 274 g/mol. The standard InChI is InChI=1S/C13H17F3N2O/c1-2-18-3-4-19-10(8-18)7-17-12-6-9(14)5-11(15)13(12)16/h5-6,10,17H,2-4,7-8H2,1H3. The van der Waals surface area contributed by atoms with Gasteiger partial charge in [-0.05, 0) is 6.54 Å². The molecular weight excluding hydrogens is 257 g/mol. The average Bonchev–Trinajstić information content (AvgIpc) is 2.41. The summed E-state index contributed by atoms with van der Waals surface area (Å²) in [6, 6.07) is 1.47. The van der Waals surface area contributed by atoms with Gasteiger partial charge < -0.3 is 10.1 Å². The number of rotatable bonds is 4. The molecule has 1 aromatic carbocycles. The molecule has 19 heavy (non-hydrogen) atoms. The molecule has 0 radical (unpaired) electrons. The highest BCUT2D eigenvalue weighted by Crippen LogP contribution is 2.19. The molecule has 0 aliphatic carbocycles. The molecule has 1 aromatic rings. The second kappa shape index (κ2) is 6.25. The van der Waals surface area contributed by atoms with Gasteiger partial charge in [-0.25, -0.2) is 13.2 Å². The maximum Gasteiger partial charge on any atom is 0.182 e. The molecule has 0 aromatic heterocycles. The number of ether oxygens (including phenoxy) is 1. The summed E-state index contributed by atoms with van der Waals surface area (Å²) in [5.74, 6) is -3.06. The van der Waals surface area contributed by atoms with Gasteiger partial charge in [0.1, 0.15) is 5.82 Å². The first kappa shape index (κ1) is 14.1. The predicted octanol–water partition coefficient (Wildman–Crippen LogP) is 2.24. The van der Waals surface area contributed by atoms with E-state index in [0.29, 0.717) is 19.2 Å². The topological polar surface area (TPSA) is 24.5 Å². The molecule has 1 N–H and O–H groups in total. The van der Waals surface area contributed by atoms with Crippen LogP contribution < -0.4 is 5.32 Å². The van der Waals surface area contributed by atoms with Crippen LogP contribution >= 0.6 is 0 Å². The normalized spacial score (nSPS) is 20.5.